The third-order valence-electron chi connectivity index (χ3n) is 5.93. The van der Waals surface area contributed by atoms with Crippen molar-refractivity contribution in [2.75, 3.05) is 38.3 Å². The first kappa shape index (κ1) is 20.8. The van der Waals surface area contributed by atoms with Gasteiger partial charge in [0.15, 0.2) is 5.78 Å². The summed E-state index contributed by atoms with van der Waals surface area (Å²) in [6.07, 6.45) is 1.63. The summed E-state index contributed by atoms with van der Waals surface area (Å²) in [6.45, 7) is 5.59. The lowest BCUT2D eigenvalue weighted by atomic mass is 9.83. The average Bonchev–Trinajstić information content (AvgIpc) is 2.95. The fourth-order valence-electron chi connectivity index (χ4n) is 4.21. The van der Waals surface area contributed by atoms with E-state index in [-0.39, 0.29) is 16.1 Å². The summed E-state index contributed by atoms with van der Waals surface area (Å²) in [5.41, 5.74) is 3.16. The number of hydrogen-bond donors (Lipinski definition) is 0. The summed E-state index contributed by atoms with van der Waals surface area (Å²) in [4.78, 5) is 15.3. The Labute approximate surface area is 177 Å². The lowest BCUT2D eigenvalue weighted by Gasteiger charge is -2.26. The zero-order chi connectivity index (χ0) is 21.5. The van der Waals surface area contributed by atoms with Crippen molar-refractivity contribution < 1.29 is 17.9 Å². The maximum atomic E-state index is 13.1. The second kappa shape index (κ2) is 7.65. The van der Waals surface area contributed by atoms with Crippen molar-refractivity contribution in [2.45, 2.75) is 24.2 Å². The fraction of sp³-hybridized carbons (Fsp3) is 0.348. The molecule has 158 valence electrons. The number of hydrogen-bond acceptors (Lipinski definition) is 5. The van der Waals surface area contributed by atoms with Gasteiger partial charge in [-0.1, -0.05) is 44.2 Å². The Hall–Kier alpha value is -2.48. The van der Waals surface area contributed by atoms with E-state index in [0.29, 0.717) is 31.9 Å². The van der Waals surface area contributed by atoms with Crippen LogP contribution in [0.2, 0.25) is 0 Å². The quantitative estimate of drug-likeness (QED) is 0.555. The third kappa shape index (κ3) is 3.47. The van der Waals surface area contributed by atoms with Crippen LogP contribution in [0.5, 0.6) is 0 Å². The Balaban J connectivity index is 1.66. The van der Waals surface area contributed by atoms with Crippen LogP contribution in [0.25, 0.3) is 0 Å². The highest BCUT2D eigenvalue weighted by molar-refractivity contribution is 7.89. The van der Waals surface area contributed by atoms with E-state index in [1.165, 1.54) is 16.4 Å². The summed E-state index contributed by atoms with van der Waals surface area (Å²) in [5.74, 6) is -0.211. The van der Waals surface area contributed by atoms with Crippen molar-refractivity contribution in [1.82, 2.24) is 4.31 Å². The van der Waals surface area contributed by atoms with Gasteiger partial charge < -0.3 is 9.64 Å². The number of nitrogens with zero attached hydrogens (tertiary/aromatic N) is 2. The molecule has 1 fully saturated rings. The molecule has 0 bridgehead atoms. The first-order valence-electron chi connectivity index (χ1n) is 10.0. The molecule has 30 heavy (non-hydrogen) atoms. The second-order valence-corrected chi connectivity index (χ2v) is 10.1. The van der Waals surface area contributed by atoms with Gasteiger partial charge >= 0.3 is 0 Å². The molecule has 2 heterocycles. The molecular weight excluding hydrogens is 400 g/mol. The number of fused-ring (bicyclic) bond motifs is 1. The number of likely N-dealkylation sites (N-methyl/N-ethyl adjacent to an activating group) is 1. The summed E-state index contributed by atoms with van der Waals surface area (Å²) < 4.78 is 32.5. The molecule has 6 nitrogen and oxygen atoms in total. The summed E-state index contributed by atoms with van der Waals surface area (Å²) in [6, 6.07) is 14.4. The first-order valence-corrected chi connectivity index (χ1v) is 11.4. The van der Waals surface area contributed by atoms with Crippen molar-refractivity contribution in [3.63, 3.8) is 0 Å². The Bertz CT molecular complexity index is 1120. The molecule has 0 saturated carbocycles. The van der Waals surface area contributed by atoms with Crippen LogP contribution < -0.4 is 4.90 Å². The number of allylic oxidation sites excluding steroid dienone is 2. The van der Waals surface area contributed by atoms with Gasteiger partial charge in [-0.25, -0.2) is 8.42 Å². The van der Waals surface area contributed by atoms with Crippen LogP contribution >= 0.6 is 0 Å². The minimum Gasteiger partial charge on any atom is -0.379 e. The summed E-state index contributed by atoms with van der Waals surface area (Å²) >= 11 is 0. The third-order valence-corrected chi connectivity index (χ3v) is 7.83. The van der Waals surface area contributed by atoms with E-state index < -0.39 is 10.0 Å². The molecule has 0 aromatic heterocycles. The monoisotopic (exact) mass is 426 g/mol. The Morgan fingerprint density at radius 1 is 1.07 bits per heavy atom. The van der Waals surface area contributed by atoms with Gasteiger partial charge in [0.25, 0.3) is 0 Å². The van der Waals surface area contributed by atoms with E-state index in [0.717, 1.165) is 16.9 Å². The van der Waals surface area contributed by atoms with Crippen LogP contribution in [0.3, 0.4) is 0 Å². The highest BCUT2D eigenvalue weighted by atomic mass is 32.2. The first-order chi connectivity index (χ1) is 14.2. The van der Waals surface area contributed by atoms with Crippen LogP contribution in [0.15, 0.2) is 65.2 Å². The SMILES string of the molecule is CN1/C(=C\C(=O)c2cccc(S(=O)(=O)N3CCOCC3)c2)C(C)(C)c2ccccc21. The number of ether oxygens (including phenoxy) is 1. The van der Waals surface area contributed by atoms with Gasteiger partial charge in [-0.05, 0) is 23.8 Å². The maximum Gasteiger partial charge on any atom is 0.243 e. The highest BCUT2D eigenvalue weighted by Crippen LogP contribution is 2.46. The van der Waals surface area contributed by atoms with E-state index >= 15 is 0 Å². The predicted molar refractivity (Wildman–Crippen MR) is 116 cm³/mol. The number of rotatable bonds is 4. The molecule has 0 aliphatic carbocycles. The average molecular weight is 427 g/mol. The smallest absolute Gasteiger partial charge is 0.243 e. The van der Waals surface area contributed by atoms with Crippen molar-refractivity contribution in [3.8, 4) is 0 Å². The number of benzene rings is 2. The van der Waals surface area contributed by atoms with Gasteiger partial charge in [-0.15, -0.1) is 0 Å². The van der Waals surface area contributed by atoms with Gasteiger partial charge in [0.2, 0.25) is 10.0 Å². The van der Waals surface area contributed by atoms with Gasteiger partial charge in [0, 0.05) is 48.6 Å². The number of morpholine rings is 1. The molecule has 1 saturated heterocycles. The molecule has 2 aromatic carbocycles. The lowest BCUT2D eigenvalue weighted by molar-refractivity contribution is 0.0730. The lowest BCUT2D eigenvalue weighted by Crippen LogP contribution is -2.40. The van der Waals surface area contributed by atoms with E-state index in [2.05, 4.69) is 19.9 Å². The second-order valence-electron chi connectivity index (χ2n) is 8.14. The molecule has 0 radical (unpaired) electrons. The molecule has 0 spiro atoms. The zero-order valence-corrected chi connectivity index (χ0v) is 18.3. The number of carbonyl (C=O) groups is 1. The Morgan fingerprint density at radius 2 is 1.77 bits per heavy atom. The number of carbonyl (C=O) groups excluding carboxylic acids is 1. The van der Waals surface area contributed by atoms with E-state index in [1.807, 2.05) is 30.1 Å². The van der Waals surface area contributed by atoms with Crippen LogP contribution in [0.4, 0.5) is 5.69 Å². The molecule has 0 amide bonds. The fourth-order valence-corrected chi connectivity index (χ4v) is 5.67. The molecule has 0 atom stereocenters. The van der Waals surface area contributed by atoms with E-state index in [1.54, 1.807) is 18.2 Å². The van der Waals surface area contributed by atoms with E-state index in [4.69, 9.17) is 4.74 Å². The van der Waals surface area contributed by atoms with Gasteiger partial charge in [0.1, 0.15) is 0 Å². The predicted octanol–water partition coefficient (Wildman–Crippen LogP) is 3.20. The topological polar surface area (TPSA) is 66.9 Å². The normalized spacial score (nSPS) is 20.4. The van der Waals surface area contributed by atoms with Gasteiger partial charge in [-0.2, -0.15) is 4.31 Å². The van der Waals surface area contributed by atoms with Crippen molar-refractivity contribution in [3.05, 3.63) is 71.4 Å². The summed E-state index contributed by atoms with van der Waals surface area (Å²) in [7, 11) is -1.70. The molecular formula is C23H26N2O4S. The molecule has 7 heteroatoms. The van der Waals surface area contributed by atoms with Crippen molar-refractivity contribution in [2.24, 2.45) is 0 Å². The van der Waals surface area contributed by atoms with Crippen LogP contribution in [0, 0.1) is 0 Å². The minimum absolute atomic E-state index is 0.135. The van der Waals surface area contributed by atoms with Crippen molar-refractivity contribution >= 4 is 21.5 Å². The number of anilines is 1. The van der Waals surface area contributed by atoms with Crippen LogP contribution in [-0.4, -0.2) is 51.9 Å². The largest absolute Gasteiger partial charge is 0.379 e. The molecule has 0 N–H and O–H groups in total. The Kier molecular flexibility index (Phi) is 5.30. The number of sulfonamides is 1. The van der Waals surface area contributed by atoms with Crippen LogP contribution in [0.1, 0.15) is 29.8 Å². The standard InChI is InChI=1S/C23H26N2O4S/c1-23(2)19-9-4-5-10-20(19)24(3)22(23)16-21(26)17-7-6-8-18(15-17)30(27,28)25-11-13-29-14-12-25/h4-10,15-16H,11-14H2,1-3H3/b22-16-. The van der Waals surface area contributed by atoms with E-state index in [9.17, 15) is 13.2 Å². The van der Waals surface area contributed by atoms with Crippen LogP contribution in [-0.2, 0) is 20.2 Å². The molecule has 2 aliphatic heterocycles. The Morgan fingerprint density at radius 3 is 2.47 bits per heavy atom. The molecule has 4 rings (SSSR count). The van der Waals surface area contributed by atoms with Crippen molar-refractivity contribution in [1.29, 1.82) is 0 Å². The molecule has 0 unspecified atom stereocenters. The molecule has 2 aliphatic rings. The van der Waals surface area contributed by atoms with Gasteiger partial charge in [-0.3, -0.25) is 4.79 Å². The summed E-state index contributed by atoms with van der Waals surface area (Å²) in [5, 5.41) is 0. The minimum atomic E-state index is -3.65. The molecule has 2 aromatic rings. The number of para-hydroxylation sites is 1. The zero-order valence-electron chi connectivity index (χ0n) is 17.5. The number of ketones is 1. The maximum absolute atomic E-state index is 13.1. The van der Waals surface area contributed by atoms with Gasteiger partial charge in [0.05, 0.1) is 18.1 Å². The highest BCUT2D eigenvalue weighted by Gasteiger charge is 2.38.